The number of benzene rings is 4. The molecule has 2 unspecified atom stereocenters. The molecule has 2 atom stereocenters. The van der Waals surface area contributed by atoms with E-state index in [-0.39, 0.29) is 15.7 Å². The molecule has 10 heteroatoms. The van der Waals surface area contributed by atoms with Crippen molar-refractivity contribution in [3.8, 4) is 0 Å². The van der Waals surface area contributed by atoms with Crippen LogP contribution in [0.25, 0.3) is 0 Å². The Balaban J connectivity index is 0.000000216. The molecule has 0 bridgehead atoms. The molecule has 0 fully saturated rings. The van der Waals surface area contributed by atoms with Crippen molar-refractivity contribution in [2.75, 3.05) is 0 Å². The second-order valence-electron chi connectivity index (χ2n) is 8.15. The summed E-state index contributed by atoms with van der Waals surface area (Å²) >= 11 is 0. The van der Waals surface area contributed by atoms with Gasteiger partial charge in [-0.15, -0.1) is 0 Å². The van der Waals surface area contributed by atoms with E-state index in [4.69, 9.17) is 9.11 Å². The first kappa shape index (κ1) is 30.8. The van der Waals surface area contributed by atoms with Crippen molar-refractivity contribution in [1.29, 1.82) is 0 Å². The van der Waals surface area contributed by atoms with Gasteiger partial charge in [0.25, 0.3) is 20.2 Å². The molecule has 0 saturated heterocycles. The van der Waals surface area contributed by atoms with Gasteiger partial charge >= 0.3 is 0 Å². The summed E-state index contributed by atoms with van der Waals surface area (Å²) < 4.78 is 58.5. The van der Waals surface area contributed by atoms with Crippen LogP contribution in [-0.2, 0) is 20.2 Å². The maximum atomic E-state index is 10.4. The first-order valence-corrected chi connectivity index (χ1v) is 14.3. The molecule has 8 nitrogen and oxygen atoms in total. The Morgan fingerprint density at radius 2 is 0.711 bits per heavy atom. The Morgan fingerprint density at radius 3 is 0.921 bits per heavy atom. The van der Waals surface area contributed by atoms with Gasteiger partial charge in [-0.05, 0) is 35.4 Å². The molecule has 4 aromatic rings. The highest BCUT2D eigenvalue weighted by Crippen LogP contribution is 2.32. The van der Waals surface area contributed by atoms with Crippen LogP contribution in [0, 0.1) is 5.92 Å². The van der Waals surface area contributed by atoms with Crippen molar-refractivity contribution in [3.05, 3.63) is 132 Å². The number of rotatable bonds is 6. The Kier molecular flexibility index (Phi) is 11.8. The first-order valence-electron chi connectivity index (χ1n) is 11.4. The summed E-state index contributed by atoms with van der Waals surface area (Å²) in [4.78, 5) is -0.148. The van der Waals surface area contributed by atoms with Crippen molar-refractivity contribution < 1.29 is 36.2 Å². The van der Waals surface area contributed by atoms with E-state index in [9.17, 15) is 27.0 Å². The van der Waals surface area contributed by atoms with Gasteiger partial charge in [0.15, 0.2) is 0 Å². The monoisotopic (exact) mass is 558 g/mol. The van der Waals surface area contributed by atoms with Gasteiger partial charge in [-0.3, -0.25) is 9.11 Å². The van der Waals surface area contributed by atoms with Crippen LogP contribution in [0.3, 0.4) is 0 Å². The minimum absolute atomic E-state index is 0.0741. The molecule has 202 valence electrons. The van der Waals surface area contributed by atoms with Crippen molar-refractivity contribution in [2.24, 2.45) is 5.92 Å². The van der Waals surface area contributed by atoms with Crippen LogP contribution in [0.2, 0.25) is 0 Å². The molecule has 4 N–H and O–H groups in total. The zero-order chi connectivity index (χ0) is 28.2. The average Bonchev–Trinajstić information content (AvgIpc) is 2.93. The Bertz CT molecular complexity index is 1320. The van der Waals surface area contributed by atoms with Gasteiger partial charge in [-0.2, -0.15) is 16.8 Å². The van der Waals surface area contributed by atoms with Crippen LogP contribution in [0.15, 0.2) is 131 Å². The van der Waals surface area contributed by atoms with E-state index in [0.29, 0.717) is 0 Å². The fourth-order valence-corrected chi connectivity index (χ4v) is 4.27. The van der Waals surface area contributed by atoms with Gasteiger partial charge in [0.2, 0.25) is 0 Å². The molecule has 0 radical (unpaired) electrons. The minimum atomic E-state index is -4.00. The van der Waals surface area contributed by atoms with Crippen LogP contribution >= 0.6 is 0 Å². The number of hydrogen-bond donors (Lipinski definition) is 4. The van der Waals surface area contributed by atoms with E-state index >= 15 is 0 Å². The van der Waals surface area contributed by atoms with Gasteiger partial charge in [0.05, 0.1) is 22.0 Å². The van der Waals surface area contributed by atoms with Gasteiger partial charge in [-0.1, -0.05) is 104 Å². The fourth-order valence-electron chi connectivity index (χ4n) is 3.27. The topological polar surface area (TPSA) is 149 Å². The van der Waals surface area contributed by atoms with Gasteiger partial charge in [0.1, 0.15) is 0 Å². The fraction of sp³-hybridized carbons (Fsp3) is 0.143. The quantitative estimate of drug-likeness (QED) is 0.243. The average molecular weight is 559 g/mol. The lowest BCUT2D eigenvalue weighted by Gasteiger charge is -2.24. The maximum absolute atomic E-state index is 10.4. The smallest absolute Gasteiger partial charge is 0.294 e. The highest BCUT2D eigenvalue weighted by Gasteiger charge is 2.24. The third kappa shape index (κ3) is 10.2. The van der Waals surface area contributed by atoms with E-state index in [1.54, 1.807) is 36.4 Å². The molecule has 0 amide bonds. The molecule has 0 aromatic heterocycles. The molecule has 0 saturated carbocycles. The van der Waals surface area contributed by atoms with Gasteiger partial charge in [-0.25, -0.2) is 0 Å². The number of aliphatic hydroxyl groups is 2. The summed E-state index contributed by atoms with van der Waals surface area (Å²) in [5.74, 6) is -0.255. The summed E-state index contributed by atoms with van der Waals surface area (Å²) in [6, 6.07) is 33.7. The Hall–Kier alpha value is -3.38. The SMILES string of the molecule is CC(C(O)c1ccccc1)C(O)c1ccccc1.O=S(=O)(O)c1ccccc1.O=S(=O)(O)c1ccccc1. The maximum Gasteiger partial charge on any atom is 0.294 e. The zero-order valence-electron chi connectivity index (χ0n) is 20.5. The molecular formula is C28H30O8S2. The number of hydrogen-bond acceptors (Lipinski definition) is 6. The zero-order valence-corrected chi connectivity index (χ0v) is 22.2. The molecular weight excluding hydrogens is 528 g/mol. The molecule has 4 aromatic carbocycles. The largest absolute Gasteiger partial charge is 0.388 e. The lowest BCUT2D eigenvalue weighted by molar-refractivity contribution is 0.0199. The van der Waals surface area contributed by atoms with E-state index in [2.05, 4.69) is 0 Å². The second kappa shape index (κ2) is 14.5. The highest BCUT2D eigenvalue weighted by molar-refractivity contribution is 7.86. The predicted octanol–water partition coefficient (Wildman–Crippen LogP) is 4.96. The van der Waals surface area contributed by atoms with E-state index in [0.717, 1.165) is 11.1 Å². The minimum Gasteiger partial charge on any atom is -0.388 e. The van der Waals surface area contributed by atoms with Crippen molar-refractivity contribution in [2.45, 2.75) is 28.9 Å². The van der Waals surface area contributed by atoms with E-state index in [1.165, 1.54) is 24.3 Å². The van der Waals surface area contributed by atoms with Crippen molar-refractivity contribution in [3.63, 3.8) is 0 Å². The normalized spacial score (nSPS) is 13.5. The highest BCUT2D eigenvalue weighted by atomic mass is 32.2. The summed E-state index contributed by atoms with van der Waals surface area (Å²) in [7, 11) is -8.01. The molecule has 0 heterocycles. The molecule has 0 aliphatic heterocycles. The van der Waals surface area contributed by atoms with Crippen LogP contribution in [0.5, 0.6) is 0 Å². The third-order valence-corrected chi connectivity index (χ3v) is 7.10. The standard InChI is InChI=1S/C16H18O2.2C6H6O3S/c1-12(15(17)13-8-4-2-5-9-13)16(18)14-10-6-3-7-11-14;2*7-10(8,9)6-4-2-1-3-5-6/h2-12,15-18H,1H3;2*1-5H,(H,7,8,9). The van der Waals surface area contributed by atoms with Crippen LogP contribution in [0.1, 0.15) is 30.3 Å². The second-order valence-corrected chi connectivity index (χ2v) is 11.0. The molecule has 4 rings (SSSR count). The van der Waals surface area contributed by atoms with Gasteiger partial charge in [0, 0.05) is 5.92 Å². The van der Waals surface area contributed by atoms with E-state index < -0.39 is 32.4 Å². The van der Waals surface area contributed by atoms with E-state index in [1.807, 2.05) is 67.6 Å². The summed E-state index contributed by atoms with van der Waals surface area (Å²) in [5.41, 5.74) is 1.67. The predicted molar refractivity (Wildman–Crippen MR) is 144 cm³/mol. The Morgan fingerprint density at radius 1 is 0.474 bits per heavy atom. The van der Waals surface area contributed by atoms with Crippen LogP contribution in [0.4, 0.5) is 0 Å². The van der Waals surface area contributed by atoms with Crippen molar-refractivity contribution in [1.82, 2.24) is 0 Å². The molecule has 0 aliphatic rings. The summed E-state index contributed by atoms with van der Waals surface area (Å²) in [5, 5.41) is 20.5. The van der Waals surface area contributed by atoms with Crippen molar-refractivity contribution >= 4 is 20.2 Å². The third-order valence-electron chi connectivity index (χ3n) is 5.36. The molecule has 0 spiro atoms. The van der Waals surface area contributed by atoms with Crippen LogP contribution in [-0.4, -0.2) is 36.2 Å². The molecule has 0 aliphatic carbocycles. The first-order chi connectivity index (χ1) is 17.9. The number of aliphatic hydroxyl groups excluding tert-OH is 2. The lowest BCUT2D eigenvalue weighted by Crippen LogP contribution is -2.17. The Labute approximate surface area is 223 Å². The lowest BCUT2D eigenvalue weighted by atomic mass is 9.89. The van der Waals surface area contributed by atoms with Crippen LogP contribution < -0.4 is 0 Å². The summed E-state index contributed by atoms with van der Waals surface area (Å²) in [6.07, 6.45) is -1.33. The summed E-state index contributed by atoms with van der Waals surface area (Å²) in [6.45, 7) is 1.86. The van der Waals surface area contributed by atoms with Gasteiger partial charge < -0.3 is 10.2 Å². The molecule has 38 heavy (non-hydrogen) atoms.